The molecule has 6 heteroatoms. The van der Waals surface area contributed by atoms with Crippen LogP contribution in [0.25, 0.3) is 0 Å². The number of carboxylic acids is 1. The van der Waals surface area contributed by atoms with E-state index in [0.29, 0.717) is 17.9 Å². The molecular weight excluding hydrogens is 268 g/mol. The van der Waals surface area contributed by atoms with Crippen LogP contribution in [-0.2, 0) is 4.79 Å². The van der Waals surface area contributed by atoms with Gasteiger partial charge in [0, 0.05) is 12.0 Å². The van der Waals surface area contributed by atoms with Crippen molar-refractivity contribution in [1.82, 2.24) is 0 Å². The molecule has 4 nitrogen and oxygen atoms in total. The number of carbonyl (C=O) groups excluding carboxylic acids is 1. The molecule has 0 saturated heterocycles. The normalized spacial score (nSPS) is 27.0. The first kappa shape index (κ1) is 13.0. The van der Waals surface area contributed by atoms with E-state index in [-0.39, 0.29) is 17.5 Å². The quantitative estimate of drug-likeness (QED) is 0.895. The zero-order chi connectivity index (χ0) is 14.4. The van der Waals surface area contributed by atoms with Gasteiger partial charge in [-0.1, -0.05) is 6.42 Å². The number of carboxylic acid groups (broad SMARTS) is 1. The summed E-state index contributed by atoms with van der Waals surface area (Å²) in [5.74, 6) is -3.29. The largest absolute Gasteiger partial charge is 0.478 e. The van der Waals surface area contributed by atoms with E-state index >= 15 is 0 Å². The van der Waals surface area contributed by atoms with Crippen molar-refractivity contribution < 1.29 is 23.5 Å². The average molecular weight is 281 g/mol. The maximum Gasteiger partial charge on any atom is 0.338 e. The summed E-state index contributed by atoms with van der Waals surface area (Å²) in [6, 6.07) is 1.30. The van der Waals surface area contributed by atoms with Gasteiger partial charge < -0.3 is 10.4 Å². The molecule has 1 aromatic carbocycles. The first-order chi connectivity index (χ1) is 9.49. The lowest BCUT2D eigenvalue weighted by atomic mass is 10.1. The molecule has 2 saturated carbocycles. The van der Waals surface area contributed by atoms with Crippen LogP contribution in [0.3, 0.4) is 0 Å². The summed E-state index contributed by atoms with van der Waals surface area (Å²) in [4.78, 5) is 22.8. The van der Waals surface area contributed by atoms with Gasteiger partial charge in [-0.05, 0) is 30.7 Å². The third-order valence-corrected chi connectivity index (χ3v) is 4.25. The fraction of sp³-hybridized carbons (Fsp3) is 0.429. The van der Waals surface area contributed by atoms with Crippen molar-refractivity contribution in [2.45, 2.75) is 19.3 Å². The van der Waals surface area contributed by atoms with E-state index in [9.17, 15) is 18.4 Å². The fourth-order valence-electron chi connectivity index (χ4n) is 3.24. The van der Waals surface area contributed by atoms with Gasteiger partial charge in [0.05, 0.1) is 11.3 Å². The van der Waals surface area contributed by atoms with Gasteiger partial charge in [0.1, 0.15) is 11.6 Å². The number of anilines is 1. The van der Waals surface area contributed by atoms with Crippen LogP contribution < -0.4 is 5.32 Å². The molecule has 0 aliphatic heterocycles. The molecule has 2 aliphatic carbocycles. The Bertz CT molecular complexity index is 592. The average Bonchev–Trinajstić information content (AvgIpc) is 2.86. The number of amides is 1. The highest BCUT2D eigenvalue weighted by Crippen LogP contribution is 2.57. The monoisotopic (exact) mass is 281 g/mol. The van der Waals surface area contributed by atoms with Crippen LogP contribution in [0.2, 0.25) is 0 Å². The van der Waals surface area contributed by atoms with Crippen LogP contribution in [0.15, 0.2) is 12.1 Å². The number of halogens is 2. The Morgan fingerprint density at radius 3 is 2.40 bits per heavy atom. The molecule has 2 unspecified atom stereocenters. The van der Waals surface area contributed by atoms with Gasteiger partial charge in [0.25, 0.3) is 0 Å². The van der Waals surface area contributed by atoms with Gasteiger partial charge in [0.15, 0.2) is 0 Å². The topological polar surface area (TPSA) is 66.4 Å². The standard InChI is InChI=1S/C14H13F2NO3/c15-9-5-10(16)11(4-8(9)14(19)20)17-13(18)12-6-2-1-3-7(6)12/h4-7,12H,1-3H2,(H,17,18)(H,19,20). The molecule has 106 valence electrons. The summed E-state index contributed by atoms with van der Waals surface area (Å²) >= 11 is 0. The lowest BCUT2D eigenvalue weighted by molar-refractivity contribution is -0.118. The van der Waals surface area contributed by atoms with Crippen LogP contribution in [-0.4, -0.2) is 17.0 Å². The highest BCUT2D eigenvalue weighted by molar-refractivity contribution is 5.97. The third-order valence-electron chi connectivity index (χ3n) is 4.25. The minimum absolute atomic E-state index is 0.110. The molecule has 0 heterocycles. The van der Waals surface area contributed by atoms with Crippen molar-refractivity contribution in [2.24, 2.45) is 17.8 Å². The minimum Gasteiger partial charge on any atom is -0.478 e. The van der Waals surface area contributed by atoms with E-state index in [1.807, 2.05) is 0 Å². The lowest BCUT2D eigenvalue weighted by Crippen LogP contribution is -2.18. The van der Waals surface area contributed by atoms with Crippen LogP contribution in [0, 0.1) is 29.4 Å². The van der Waals surface area contributed by atoms with Crippen molar-refractivity contribution in [2.75, 3.05) is 5.32 Å². The minimum atomic E-state index is -1.50. The molecular formula is C14H13F2NO3. The van der Waals surface area contributed by atoms with Gasteiger partial charge in [-0.15, -0.1) is 0 Å². The molecule has 0 spiro atoms. The zero-order valence-corrected chi connectivity index (χ0v) is 10.5. The van der Waals surface area contributed by atoms with Crippen molar-refractivity contribution in [1.29, 1.82) is 0 Å². The molecule has 2 N–H and O–H groups in total. The Kier molecular flexibility index (Phi) is 2.96. The molecule has 3 rings (SSSR count). The fourth-order valence-corrected chi connectivity index (χ4v) is 3.24. The first-order valence-electron chi connectivity index (χ1n) is 6.52. The molecule has 0 bridgehead atoms. The van der Waals surface area contributed by atoms with Crippen LogP contribution in [0.5, 0.6) is 0 Å². The third kappa shape index (κ3) is 2.05. The predicted octanol–water partition coefficient (Wildman–Crippen LogP) is 2.65. The second kappa shape index (κ2) is 4.54. The molecule has 0 radical (unpaired) electrons. The molecule has 20 heavy (non-hydrogen) atoms. The van der Waals surface area contributed by atoms with E-state index in [2.05, 4.69) is 5.32 Å². The van der Waals surface area contributed by atoms with Gasteiger partial charge in [-0.2, -0.15) is 0 Å². The van der Waals surface area contributed by atoms with Gasteiger partial charge in [-0.25, -0.2) is 13.6 Å². The van der Waals surface area contributed by atoms with Crippen LogP contribution in [0.4, 0.5) is 14.5 Å². The summed E-state index contributed by atoms with van der Waals surface area (Å²) < 4.78 is 26.8. The smallest absolute Gasteiger partial charge is 0.338 e. The molecule has 1 aromatic rings. The van der Waals surface area contributed by atoms with Gasteiger partial charge >= 0.3 is 5.97 Å². The number of rotatable bonds is 3. The molecule has 1 amide bonds. The number of hydrogen-bond acceptors (Lipinski definition) is 2. The summed E-state index contributed by atoms with van der Waals surface area (Å²) in [7, 11) is 0. The number of aromatic carboxylic acids is 1. The first-order valence-corrected chi connectivity index (χ1v) is 6.52. The van der Waals surface area contributed by atoms with Crippen LogP contribution in [0.1, 0.15) is 29.6 Å². The Balaban J connectivity index is 1.78. The Morgan fingerprint density at radius 2 is 1.80 bits per heavy atom. The summed E-state index contributed by atoms with van der Waals surface area (Å²) in [5.41, 5.74) is -0.934. The van der Waals surface area contributed by atoms with E-state index in [1.165, 1.54) is 0 Å². The maximum absolute atomic E-state index is 13.6. The van der Waals surface area contributed by atoms with Gasteiger partial charge in [-0.3, -0.25) is 4.79 Å². The highest BCUT2D eigenvalue weighted by Gasteiger charge is 2.56. The molecule has 2 fully saturated rings. The van der Waals surface area contributed by atoms with Crippen molar-refractivity contribution in [3.8, 4) is 0 Å². The second-order valence-electron chi connectivity index (χ2n) is 5.39. The van der Waals surface area contributed by atoms with E-state index in [1.54, 1.807) is 0 Å². The maximum atomic E-state index is 13.6. The Morgan fingerprint density at radius 1 is 1.15 bits per heavy atom. The van der Waals surface area contributed by atoms with Gasteiger partial charge in [0.2, 0.25) is 5.91 Å². The van der Waals surface area contributed by atoms with Crippen molar-refractivity contribution in [3.63, 3.8) is 0 Å². The van der Waals surface area contributed by atoms with Crippen molar-refractivity contribution in [3.05, 3.63) is 29.3 Å². The Hall–Kier alpha value is -1.98. The number of hydrogen-bond donors (Lipinski definition) is 2. The van der Waals surface area contributed by atoms with E-state index in [4.69, 9.17) is 5.11 Å². The summed E-state index contributed by atoms with van der Waals surface area (Å²) in [6.45, 7) is 0. The number of carbonyl (C=O) groups is 2. The van der Waals surface area contributed by atoms with E-state index < -0.39 is 23.2 Å². The lowest BCUT2D eigenvalue weighted by Gasteiger charge is -2.09. The van der Waals surface area contributed by atoms with E-state index in [0.717, 1.165) is 25.3 Å². The number of nitrogens with one attached hydrogen (secondary N) is 1. The summed E-state index contributed by atoms with van der Waals surface area (Å²) in [6.07, 6.45) is 3.14. The number of benzene rings is 1. The predicted molar refractivity (Wildman–Crippen MR) is 66.3 cm³/mol. The molecule has 2 atom stereocenters. The van der Waals surface area contributed by atoms with Crippen molar-refractivity contribution >= 4 is 17.6 Å². The molecule has 0 aromatic heterocycles. The SMILES string of the molecule is O=C(O)c1cc(NC(=O)C2C3CCCC32)c(F)cc1F. The number of fused-ring (bicyclic) bond motifs is 1. The second-order valence-corrected chi connectivity index (χ2v) is 5.39. The Labute approximate surface area is 113 Å². The highest BCUT2D eigenvalue weighted by atomic mass is 19.1. The zero-order valence-electron chi connectivity index (χ0n) is 10.5. The molecule has 2 aliphatic rings. The summed E-state index contributed by atoms with van der Waals surface area (Å²) in [5, 5.41) is 11.2. The van der Waals surface area contributed by atoms with Crippen LogP contribution >= 0.6 is 0 Å².